The molecular formula is C21H26O2. The van der Waals surface area contributed by atoms with Crippen LogP contribution in [0.15, 0.2) is 42.5 Å². The molecule has 0 saturated carbocycles. The van der Waals surface area contributed by atoms with Crippen LogP contribution in [0.2, 0.25) is 0 Å². The minimum Gasteiger partial charge on any atom is -0.386 e. The largest absolute Gasteiger partial charge is 0.386 e. The smallest absolute Gasteiger partial charge is 0.167 e. The maximum Gasteiger partial charge on any atom is 0.167 e. The van der Waals surface area contributed by atoms with Crippen LogP contribution in [0.25, 0.3) is 0 Å². The van der Waals surface area contributed by atoms with E-state index >= 15 is 0 Å². The summed E-state index contributed by atoms with van der Waals surface area (Å²) in [7, 11) is 0. The molecule has 0 spiro atoms. The second-order valence-corrected chi connectivity index (χ2v) is 7.08. The van der Waals surface area contributed by atoms with Crippen molar-refractivity contribution >= 4 is 5.78 Å². The predicted molar refractivity (Wildman–Crippen MR) is 95.0 cm³/mol. The fraction of sp³-hybridized carbons (Fsp3) is 0.381. The molecular weight excluding hydrogens is 284 g/mol. The molecule has 2 aromatic carbocycles. The highest BCUT2D eigenvalue weighted by atomic mass is 16.3. The van der Waals surface area contributed by atoms with Crippen LogP contribution in [0.4, 0.5) is 0 Å². The van der Waals surface area contributed by atoms with Gasteiger partial charge in [-0.15, -0.1) is 0 Å². The third-order valence-corrected chi connectivity index (χ3v) is 4.24. The van der Waals surface area contributed by atoms with Gasteiger partial charge in [-0.3, -0.25) is 4.79 Å². The van der Waals surface area contributed by atoms with Crippen LogP contribution < -0.4 is 0 Å². The number of ketones is 1. The van der Waals surface area contributed by atoms with Crippen molar-refractivity contribution in [1.29, 1.82) is 0 Å². The Morgan fingerprint density at radius 3 is 2.22 bits per heavy atom. The van der Waals surface area contributed by atoms with Crippen molar-refractivity contribution in [3.05, 3.63) is 70.3 Å². The number of hydrogen-bond acceptors (Lipinski definition) is 2. The Morgan fingerprint density at radius 2 is 1.70 bits per heavy atom. The highest BCUT2D eigenvalue weighted by Crippen LogP contribution is 2.22. The molecule has 0 atom stereocenters. The van der Waals surface area contributed by atoms with E-state index in [-0.39, 0.29) is 5.78 Å². The molecule has 0 aliphatic heterocycles. The van der Waals surface area contributed by atoms with Crippen molar-refractivity contribution in [2.75, 3.05) is 0 Å². The fourth-order valence-corrected chi connectivity index (χ4v) is 2.77. The van der Waals surface area contributed by atoms with Crippen molar-refractivity contribution in [3.8, 4) is 0 Å². The molecule has 0 fully saturated rings. The van der Waals surface area contributed by atoms with Gasteiger partial charge in [0, 0.05) is 12.0 Å². The van der Waals surface area contributed by atoms with E-state index in [4.69, 9.17) is 0 Å². The maximum atomic E-state index is 12.5. The molecule has 0 radical (unpaired) electrons. The Balaban J connectivity index is 2.18. The van der Waals surface area contributed by atoms with E-state index in [1.165, 1.54) is 11.1 Å². The lowest BCUT2D eigenvalue weighted by molar-refractivity contribution is 0.0784. The Bertz CT molecular complexity index is 689. The van der Waals surface area contributed by atoms with E-state index < -0.39 is 5.60 Å². The number of aliphatic hydroxyl groups is 1. The number of carbonyl (C=O) groups excluding carboxylic acids is 1. The topological polar surface area (TPSA) is 37.3 Å². The van der Waals surface area contributed by atoms with Gasteiger partial charge in [0.2, 0.25) is 0 Å². The van der Waals surface area contributed by atoms with E-state index in [9.17, 15) is 9.90 Å². The average Bonchev–Trinajstić information content (AvgIpc) is 2.48. The van der Waals surface area contributed by atoms with Crippen molar-refractivity contribution in [1.82, 2.24) is 0 Å². The van der Waals surface area contributed by atoms with E-state index in [1.54, 1.807) is 26.0 Å². The van der Waals surface area contributed by atoms with Crippen LogP contribution in [-0.2, 0) is 12.0 Å². The highest BCUT2D eigenvalue weighted by Gasteiger charge is 2.16. The van der Waals surface area contributed by atoms with Crippen molar-refractivity contribution < 1.29 is 9.90 Å². The molecule has 122 valence electrons. The summed E-state index contributed by atoms with van der Waals surface area (Å²) in [5.41, 5.74) is 4.23. The average molecular weight is 310 g/mol. The van der Waals surface area contributed by atoms with E-state index in [2.05, 4.69) is 32.9 Å². The Kier molecular flexibility index (Phi) is 5.06. The molecule has 2 aromatic rings. The molecule has 0 saturated heterocycles. The summed E-state index contributed by atoms with van der Waals surface area (Å²) in [4.78, 5) is 12.5. The molecule has 0 bridgehead atoms. The lowest BCUT2D eigenvalue weighted by Crippen LogP contribution is -2.15. The van der Waals surface area contributed by atoms with Gasteiger partial charge in [0.15, 0.2) is 5.78 Å². The first-order valence-electron chi connectivity index (χ1n) is 8.14. The Hall–Kier alpha value is -1.93. The standard InChI is InChI=1S/C21H26O2/c1-14(2)19-12-16(7-6-15(19)3)13-20(22)17-8-10-18(11-9-17)21(4,5)23/h6-12,14,23H,13H2,1-5H3. The van der Waals surface area contributed by atoms with Gasteiger partial charge in [0.05, 0.1) is 5.60 Å². The van der Waals surface area contributed by atoms with Crippen molar-refractivity contribution in [2.24, 2.45) is 0 Å². The maximum absolute atomic E-state index is 12.5. The number of carbonyl (C=O) groups is 1. The van der Waals surface area contributed by atoms with Crippen LogP contribution >= 0.6 is 0 Å². The van der Waals surface area contributed by atoms with Gasteiger partial charge in [-0.05, 0) is 48.9 Å². The quantitative estimate of drug-likeness (QED) is 0.808. The van der Waals surface area contributed by atoms with Gasteiger partial charge < -0.3 is 5.11 Å². The third-order valence-electron chi connectivity index (χ3n) is 4.24. The SMILES string of the molecule is Cc1ccc(CC(=O)c2ccc(C(C)(C)O)cc2)cc1C(C)C. The van der Waals surface area contributed by atoms with E-state index in [1.807, 2.05) is 18.2 Å². The minimum absolute atomic E-state index is 0.103. The van der Waals surface area contributed by atoms with Gasteiger partial charge >= 0.3 is 0 Å². The Labute approximate surface area is 139 Å². The number of rotatable bonds is 5. The molecule has 0 aliphatic carbocycles. The summed E-state index contributed by atoms with van der Waals surface area (Å²) in [6.07, 6.45) is 0.405. The summed E-state index contributed by atoms with van der Waals surface area (Å²) in [6, 6.07) is 13.5. The normalized spacial score (nSPS) is 11.8. The second kappa shape index (κ2) is 6.67. The number of benzene rings is 2. The van der Waals surface area contributed by atoms with Crippen molar-refractivity contribution in [3.63, 3.8) is 0 Å². The van der Waals surface area contributed by atoms with Gasteiger partial charge in [0.1, 0.15) is 0 Å². The van der Waals surface area contributed by atoms with Crippen LogP contribution in [0.3, 0.4) is 0 Å². The molecule has 23 heavy (non-hydrogen) atoms. The fourth-order valence-electron chi connectivity index (χ4n) is 2.77. The van der Waals surface area contributed by atoms with Crippen LogP contribution in [-0.4, -0.2) is 10.9 Å². The third kappa shape index (κ3) is 4.29. The monoisotopic (exact) mass is 310 g/mol. The van der Waals surface area contributed by atoms with Gasteiger partial charge in [-0.25, -0.2) is 0 Å². The van der Waals surface area contributed by atoms with E-state index in [0.29, 0.717) is 17.9 Å². The summed E-state index contributed by atoms with van der Waals surface area (Å²) >= 11 is 0. The number of hydrogen-bond donors (Lipinski definition) is 1. The van der Waals surface area contributed by atoms with Crippen LogP contribution in [0.5, 0.6) is 0 Å². The Morgan fingerprint density at radius 1 is 1.09 bits per heavy atom. The molecule has 2 nitrogen and oxygen atoms in total. The zero-order chi connectivity index (χ0) is 17.2. The van der Waals surface area contributed by atoms with Gasteiger partial charge in [-0.2, -0.15) is 0 Å². The zero-order valence-corrected chi connectivity index (χ0v) is 14.7. The second-order valence-electron chi connectivity index (χ2n) is 7.08. The summed E-state index contributed by atoms with van der Waals surface area (Å²) < 4.78 is 0. The number of aryl methyl sites for hydroxylation is 1. The molecule has 0 unspecified atom stereocenters. The molecule has 2 rings (SSSR count). The van der Waals surface area contributed by atoms with Crippen LogP contribution in [0.1, 0.15) is 66.2 Å². The first-order chi connectivity index (χ1) is 10.7. The molecule has 2 heteroatoms. The summed E-state index contributed by atoms with van der Waals surface area (Å²) in [5, 5.41) is 9.98. The summed E-state index contributed by atoms with van der Waals surface area (Å²) in [6.45, 7) is 9.93. The molecule has 1 N–H and O–H groups in total. The first kappa shape index (κ1) is 17.4. The molecule has 0 aliphatic rings. The van der Waals surface area contributed by atoms with E-state index in [0.717, 1.165) is 11.1 Å². The van der Waals surface area contributed by atoms with Crippen LogP contribution in [0, 0.1) is 6.92 Å². The van der Waals surface area contributed by atoms with Gasteiger partial charge in [0.25, 0.3) is 0 Å². The highest BCUT2D eigenvalue weighted by molar-refractivity contribution is 5.97. The molecule has 0 aromatic heterocycles. The zero-order valence-electron chi connectivity index (χ0n) is 14.7. The summed E-state index contributed by atoms with van der Waals surface area (Å²) in [5.74, 6) is 0.557. The minimum atomic E-state index is -0.884. The molecule has 0 heterocycles. The predicted octanol–water partition coefficient (Wildman–Crippen LogP) is 4.77. The number of Topliss-reactive ketones (excluding diaryl/α,β-unsaturated/α-hetero) is 1. The van der Waals surface area contributed by atoms with Crippen molar-refractivity contribution in [2.45, 2.75) is 52.6 Å². The lowest BCUT2D eigenvalue weighted by atomic mass is 9.92. The lowest BCUT2D eigenvalue weighted by Gasteiger charge is -2.17. The first-order valence-corrected chi connectivity index (χ1v) is 8.14. The van der Waals surface area contributed by atoms with Gasteiger partial charge in [-0.1, -0.05) is 56.3 Å². The molecule has 0 amide bonds.